The Hall–Kier alpha value is -4.08. The molecule has 0 fully saturated rings. The Kier molecular flexibility index (Phi) is 6.38. The lowest BCUT2D eigenvalue weighted by molar-refractivity contribution is -0.141. The summed E-state index contributed by atoms with van der Waals surface area (Å²) in [6.45, 7) is 2.35. The number of ether oxygens (including phenoxy) is 2. The van der Waals surface area contributed by atoms with E-state index in [1.54, 1.807) is 36.4 Å². The largest absolute Gasteiger partial charge is 0.468 e. The van der Waals surface area contributed by atoms with Gasteiger partial charge in [0.25, 0.3) is 6.47 Å². The number of benzene rings is 2. The van der Waals surface area contributed by atoms with Crippen LogP contribution < -0.4 is 0 Å². The number of rotatable bonds is 7. The number of H-pyrrole nitrogens is 1. The van der Waals surface area contributed by atoms with Crippen LogP contribution in [0, 0.1) is 6.92 Å². The molecule has 0 saturated carbocycles. The van der Waals surface area contributed by atoms with Gasteiger partial charge in [0.1, 0.15) is 0 Å². The van der Waals surface area contributed by atoms with Crippen molar-refractivity contribution < 1.29 is 32.2 Å². The van der Waals surface area contributed by atoms with Crippen molar-refractivity contribution in [3.8, 4) is 22.5 Å². The Balaban J connectivity index is 1.85. The van der Waals surface area contributed by atoms with Crippen LogP contribution in [-0.2, 0) is 33.9 Å². The van der Waals surface area contributed by atoms with Gasteiger partial charge in [-0.1, -0.05) is 12.1 Å². The van der Waals surface area contributed by atoms with E-state index in [1.165, 1.54) is 18.8 Å². The van der Waals surface area contributed by atoms with E-state index < -0.39 is 17.8 Å². The molecule has 2 aromatic carbocycles. The second-order valence-corrected chi connectivity index (χ2v) is 8.01. The second-order valence-electron chi connectivity index (χ2n) is 8.01. The Morgan fingerprint density at radius 1 is 1.17 bits per heavy atom. The van der Waals surface area contributed by atoms with Crippen molar-refractivity contribution in [2.75, 3.05) is 13.7 Å². The van der Waals surface area contributed by atoms with E-state index in [0.717, 1.165) is 39.4 Å². The quantitative estimate of drug-likeness (QED) is 0.225. The molecule has 0 amide bonds. The van der Waals surface area contributed by atoms with Crippen molar-refractivity contribution >= 4 is 23.3 Å². The predicted molar refractivity (Wildman–Crippen MR) is 123 cm³/mol. The third-order valence-electron chi connectivity index (χ3n) is 5.83. The molecule has 7 nitrogen and oxygen atoms in total. The lowest BCUT2D eigenvalue weighted by Crippen LogP contribution is -2.06. The lowest BCUT2D eigenvalue weighted by Gasteiger charge is -2.10. The van der Waals surface area contributed by atoms with E-state index in [-0.39, 0.29) is 6.61 Å². The minimum Gasteiger partial charge on any atom is -0.468 e. The number of aromatic amines is 1. The number of carbonyl (C=O) groups is 2. The second kappa shape index (κ2) is 9.28. The molecule has 1 N–H and O–H groups in total. The van der Waals surface area contributed by atoms with Crippen LogP contribution in [0.2, 0.25) is 0 Å². The van der Waals surface area contributed by atoms with Gasteiger partial charge in [0, 0.05) is 35.5 Å². The third-order valence-corrected chi connectivity index (χ3v) is 5.83. The fourth-order valence-corrected chi connectivity index (χ4v) is 4.17. The number of carbonyl (C=O) groups excluding carboxylic acids is 2. The zero-order chi connectivity index (χ0) is 25.3. The van der Waals surface area contributed by atoms with Crippen LogP contribution in [0.15, 0.2) is 42.5 Å². The maximum atomic E-state index is 13.2. The summed E-state index contributed by atoms with van der Waals surface area (Å²) in [6.07, 6.45) is -4.18. The molecule has 4 rings (SSSR count). The average Bonchev–Trinajstić information content (AvgIpc) is 3.39. The molecule has 35 heavy (non-hydrogen) atoms. The number of hydrogen-bond acceptors (Lipinski definition) is 5. The Labute approximate surface area is 198 Å². The highest BCUT2D eigenvalue weighted by Gasteiger charge is 2.34. The summed E-state index contributed by atoms with van der Waals surface area (Å²) in [5.41, 5.74) is 4.33. The molecule has 4 aromatic rings. The lowest BCUT2D eigenvalue weighted by atomic mass is 9.97. The van der Waals surface area contributed by atoms with Gasteiger partial charge in [0.2, 0.25) is 0 Å². The van der Waals surface area contributed by atoms with Gasteiger partial charge in [-0.05, 0) is 48.4 Å². The molecule has 182 valence electrons. The topological polar surface area (TPSA) is 86.2 Å². The summed E-state index contributed by atoms with van der Waals surface area (Å²) in [7, 11) is 2.77. The monoisotopic (exact) mass is 485 g/mol. The van der Waals surface area contributed by atoms with Gasteiger partial charge < -0.3 is 14.5 Å². The Morgan fingerprint density at radius 3 is 2.57 bits per heavy atom. The summed E-state index contributed by atoms with van der Waals surface area (Å²) in [6, 6.07) is 11.5. The molecule has 0 aliphatic carbocycles. The third kappa shape index (κ3) is 4.64. The van der Waals surface area contributed by atoms with Crippen LogP contribution >= 0.6 is 0 Å². The number of hydrogen-bond donors (Lipinski definition) is 1. The van der Waals surface area contributed by atoms with Crippen LogP contribution in [0.3, 0.4) is 0 Å². The molecule has 10 heteroatoms. The zero-order valence-corrected chi connectivity index (χ0v) is 19.2. The molecule has 2 aromatic heterocycles. The highest BCUT2D eigenvalue weighted by atomic mass is 19.4. The number of esters is 1. The van der Waals surface area contributed by atoms with Crippen molar-refractivity contribution in [3.05, 3.63) is 64.8 Å². The zero-order valence-electron chi connectivity index (χ0n) is 19.2. The number of nitrogens with zero attached hydrogens (tertiary/aromatic N) is 2. The minimum atomic E-state index is -4.55. The summed E-state index contributed by atoms with van der Waals surface area (Å²) in [4.78, 5) is 26.0. The minimum absolute atomic E-state index is 0.122. The van der Waals surface area contributed by atoms with E-state index in [4.69, 9.17) is 9.47 Å². The molecule has 0 saturated heterocycles. The van der Waals surface area contributed by atoms with Gasteiger partial charge in [0.05, 0.1) is 30.7 Å². The highest BCUT2D eigenvalue weighted by molar-refractivity contribution is 5.95. The number of halogens is 3. The van der Waals surface area contributed by atoms with Crippen LogP contribution in [0.5, 0.6) is 0 Å². The molecule has 0 aliphatic rings. The average molecular weight is 485 g/mol. The van der Waals surface area contributed by atoms with Crippen LogP contribution in [0.4, 0.5) is 13.2 Å². The molecule has 0 atom stereocenters. The summed E-state index contributed by atoms with van der Waals surface area (Å²) >= 11 is 0. The van der Waals surface area contributed by atoms with E-state index >= 15 is 0 Å². The molecular weight excluding hydrogens is 463 g/mol. The summed E-state index contributed by atoms with van der Waals surface area (Å²) < 4.78 is 50.4. The molecule has 0 unspecified atom stereocenters. The first-order valence-corrected chi connectivity index (χ1v) is 10.6. The van der Waals surface area contributed by atoms with Crippen molar-refractivity contribution in [2.45, 2.75) is 19.5 Å². The van der Waals surface area contributed by atoms with Gasteiger partial charge in [-0.15, -0.1) is 0 Å². The van der Waals surface area contributed by atoms with Crippen molar-refractivity contribution in [3.63, 3.8) is 0 Å². The number of methoxy groups -OCH3 is 1. The first-order chi connectivity index (χ1) is 16.6. The van der Waals surface area contributed by atoms with Crippen LogP contribution in [0.25, 0.3) is 33.4 Å². The van der Waals surface area contributed by atoms with Crippen LogP contribution in [0.1, 0.15) is 27.2 Å². The van der Waals surface area contributed by atoms with Gasteiger partial charge in [0.15, 0.2) is 5.69 Å². The van der Waals surface area contributed by atoms with E-state index in [1.807, 2.05) is 6.92 Å². The van der Waals surface area contributed by atoms with Crippen molar-refractivity contribution in [2.24, 2.45) is 7.05 Å². The van der Waals surface area contributed by atoms with E-state index in [2.05, 4.69) is 10.1 Å². The standard InChI is InChI=1S/C25H22F3N3O4/c1-14-10-16(24(33)34-3)4-6-17(14)23-18(8-9-35-13-32)19-11-15(5-7-20(19)29-23)21-12-22(25(26,27)28)30-31(21)2/h4-7,10-13,29H,8-9H2,1-3H3. The van der Waals surface area contributed by atoms with Crippen LogP contribution in [-0.4, -0.2) is 40.9 Å². The van der Waals surface area contributed by atoms with E-state index in [0.29, 0.717) is 29.7 Å². The Morgan fingerprint density at radius 2 is 1.94 bits per heavy atom. The molecule has 0 aliphatic heterocycles. The predicted octanol–water partition coefficient (Wildman–Crippen LogP) is 5.06. The first-order valence-electron chi connectivity index (χ1n) is 10.6. The summed E-state index contributed by atoms with van der Waals surface area (Å²) in [5.74, 6) is -0.449. The molecule has 0 bridgehead atoms. The Bertz CT molecular complexity index is 1420. The number of alkyl halides is 3. The number of nitrogens with one attached hydrogen (secondary N) is 1. The first kappa shape index (κ1) is 24.1. The highest BCUT2D eigenvalue weighted by Crippen LogP contribution is 2.36. The number of aromatic nitrogens is 3. The van der Waals surface area contributed by atoms with Gasteiger partial charge in [-0.25, -0.2) is 4.79 Å². The SMILES string of the molecule is COC(=O)c1ccc(-c2[nH]c3ccc(-c4cc(C(F)(F)F)nn4C)cc3c2CCOC=O)c(C)c1. The van der Waals surface area contributed by atoms with Gasteiger partial charge >= 0.3 is 12.1 Å². The van der Waals surface area contributed by atoms with E-state index in [9.17, 15) is 22.8 Å². The maximum absolute atomic E-state index is 13.2. The smallest absolute Gasteiger partial charge is 0.435 e. The number of aryl methyl sites for hydroxylation is 2. The molecular formula is C25H22F3N3O4. The fourth-order valence-electron chi connectivity index (χ4n) is 4.17. The molecule has 0 spiro atoms. The molecule has 0 radical (unpaired) electrons. The maximum Gasteiger partial charge on any atom is 0.435 e. The molecule has 2 heterocycles. The number of fused-ring (bicyclic) bond motifs is 1. The fraction of sp³-hybridized carbons (Fsp3) is 0.240. The van der Waals surface area contributed by atoms with Crippen molar-refractivity contribution in [1.82, 2.24) is 14.8 Å². The van der Waals surface area contributed by atoms with Crippen molar-refractivity contribution in [1.29, 1.82) is 0 Å². The van der Waals surface area contributed by atoms with Gasteiger partial charge in [-0.2, -0.15) is 18.3 Å². The van der Waals surface area contributed by atoms with Gasteiger partial charge in [-0.3, -0.25) is 9.48 Å². The summed E-state index contributed by atoms with van der Waals surface area (Å²) in [5, 5.41) is 4.38. The normalized spacial score (nSPS) is 11.6.